The number of benzene rings is 1. The van der Waals surface area contributed by atoms with Gasteiger partial charge in [0, 0.05) is 19.2 Å². The van der Waals surface area contributed by atoms with Crippen molar-refractivity contribution in [3.05, 3.63) is 35.8 Å². The summed E-state index contributed by atoms with van der Waals surface area (Å²) in [6.07, 6.45) is -0.705. The summed E-state index contributed by atoms with van der Waals surface area (Å²) in [6, 6.07) is 0.232. The highest BCUT2D eigenvalue weighted by atomic mass is 32.2. The standard InChI is InChI=1S/C24H31F3N4O6S/c1-3-30(2)22(35)21(24(36)6-4-5-7-24)38-23-20(34)18(19(33)16(11-32)37-23)31-10-15(28-29-31)12-8-13(25)17(27)14(26)9-12/h8-10,16,18-21,23,32-34,36H,3-7,11H2,1-2H3/t16-,18+,19+,20-,21-,23+/m1/s1. The molecule has 210 valence electrons. The molecule has 38 heavy (non-hydrogen) atoms. The first kappa shape index (κ1) is 28.8. The number of halogens is 3. The maximum absolute atomic E-state index is 13.7. The van der Waals surface area contributed by atoms with E-state index < -0.39 is 64.7 Å². The Labute approximate surface area is 221 Å². The normalized spacial score (nSPS) is 27.9. The number of rotatable bonds is 8. The van der Waals surface area contributed by atoms with Gasteiger partial charge in [-0.3, -0.25) is 4.79 Å². The van der Waals surface area contributed by atoms with Gasteiger partial charge in [-0.25, -0.2) is 17.9 Å². The molecule has 1 amide bonds. The molecule has 14 heteroatoms. The molecule has 1 saturated heterocycles. The van der Waals surface area contributed by atoms with Crippen LogP contribution in [-0.4, -0.2) is 101 Å². The maximum atomic E-state index is 13.7. The monoisotopic (exact) mass is 560 g/mol. The van der Waals surface area contributed by atoms with Gasteiger partial charge in [-0.15, -0.1) is 16.9 Å². The molecule has 0 spiro atoms. The summed E-state index contributed by atoms with van der Waals surface area (Å²) in [5.41, 5.74) is -2.68. The molecule has 4 rings (SSSR count). The summed E-state index contributed by atoms with van der Waals surface area (Å²) in [5, 5.41) is 50.1. The van der Waals surface area contributed by atoms with Crippen LogP contribution in [0.1, 0.15) is 38.6 Å². The van der Waals surface area contributed by atoms with E-state index >= 15 is 0 Å². The van der Waals surface area contributed by atoms with Gasteiger partial charge in [0.25, 0.3) is 0 Å². The van der Waals surface area contributed by atoms with E-state index in [4.69, 9.17) is 4.74 Å². The van der Waals surface area contributed by atoms with Crippen molar-refractivity contribution in [1.29, 1.82) is 0 Å². The second kappa shape index (κ2) is 11.5. The van der Waals surface area contributed by atoms with Crippen molar-refractivity contribution in [1.82, 2.24) is 19.9 Å². The summed E-state index contributed by atoms with van der Waals surface area (Å²) in [5.74, 6) is -4.82. The number of aromatic nitrogens is 3. The molecule has 2 heterocycles. The van der Waals surface area contributed by atoms with Crippen LogP contribution >= 0.6 is 11.8 Å². The van der Waals surface area contributed by atoms with Crippen LogP contribution in [0.5, 0.6) is 0 Å². The molecule has 0 bridgehead atoms. The Morgan fingerprint density at radius 1 is 1.24 bits per heavy atom. The Morgan fingerprint density at radius 3 is 2.45 bits per heavy atom. The predicted molar refractivity (Wildman–Crippen MR) is 130 cm³/mol. The van der Waals surface area contributed by atoms with Gasteiger partial charge in [0.05, 0.1) is 18.4 Å². The van der Waals surface area contributed by atoms with Crippen molar-refractivity contribution in [2.75, 3.05) is 20.2 Å². The number of nitrogens with zero attached hydrogens (tertiary/aromatic N) is 4. The molecule has 2 aromatic rings. The van der Waals surface area contributed by atoms with Crippen LogP contribution in [0, 0.1) is 17.5 Å². The number of hydrogen-bond acceptors (Lipinski definition) is 9. The third-order valence-electron chi connectivity index (χ3n) is 7.25. The summed E-state index contributed by atoms with van der Waals surface area (Å²) >= 11 is 0.912. The van der Waals surface area contributed by atoms with E-state index in [1.807, 2.05) is 0 Å². The average molecular weight is 561 g/mol. The fourth-order valence-corrected chi connectivity index (χ4v) is 6.49. The molecule has 4 N–H and O–H groups in total. The third kappa shape index (κ3) is 5.42. The average Bonchev–Trinajstić information content (AvgIpc) is 3.56. The van der Waals surface area contributed by atoms with Gasteiger partial charge in [0.2, 0.25) is 5.91 Å². The van der Waals surface area contributed by atoms with Gasteiger partial charge < -0.3 is 30.1 Å². The summed E-state index contributed by atoms with van der Waals surface area (Å²) in [4.78, 5) is 14.7. The topological polar surface area (TPSA) is 141 Å². The molecule has 1 aromatic carbocycles. The molecule has 1 saturated carbocycles. The minimum Gasteiger partial charge on any atom is -0.394 e. The smallest absolute Gasteiger partial charge is 0.238 e. The van der Waals surface area contributed by atoms with E-state index in [1.165, 1.54) is 11.1 Å². The van der Waals surface area contributed by atoms with Crippen molar-refractivity contribution < 1.29 is 43.1 Å². The SMILES string of the molecule is CCN(C)C(=O)[C@@H](S[C@@H]1O[C@H](CO)[C@H](O)[C@H](n2cc(-c3cc(F)c(F)c(F)c3)nn2)[C@H]1O)C1(O)CCCC1. The van der Waals surface area contributed by atoms with Gasteiger partial charge in [-0.05, 0) is 31.9 Å². The molecule has 0 radical (unpaired) electrons. The highest BCUT2D eigenvalue weighted by Gasteiger charge is 2.51. The number of carbonyl (C=O) groups is 1. The number of aliphatic hydroxyl groups excluding tert-OH is 3. The van der Waals surface area contributed by atoms with E-state index in [0.717, 1.165) is 41.4 Å². The third-order valence-corrected chi connectivity index (χ3v) is 8.82. The van der Waals surface area contributed by atoms with Gasteiger partial charge in [0.1, 0.15) is 40.7 Å². The van der Waals surface area contributed by atoms with E-state index in [-0.39, 0.29) is 17.2 Å². The molecule has 0 unspecified atom stereocenters. The van der Waals surface area contributed by atoms with Crippen LogP contribution in [-0.2, 0) is 9.53 Å². The van der Waals surface area contributed by atoms with E-state index in [1.54, 1.807) is 14.0 Å². The lowest BCUT2D eigenvalue weighted by molar-refractivity contribution is -0.179. The predicted octanol–water partition coefficient (Wildman–Crippen LogP) is 1.23. The number of aliphatic hydroxyl groups is 4. The number of hydrogen-bond donors (Lipinski definition) is 4. The second-order valence-corrected chi connectivity index (χ2v) is 10.9. The molecule has 6 atom stereocenters. The van der Waals surface area contributed by atoms with E-state index in [0.29, 0.717) is 19.4 Å². The zero-order valence-electron chi connectivity index (χ0n) is 20.9. The molecule has 10 nitrogen and oxygen atoms in total. The van der Waals surface area contributed by atoms with Gasteiger partial charge in [-0.2, -0.15) is 0 Å². The van der Waals surface area contributed by atoms with E-state index in [9.17, 15) is 38.4 Å². The van der Waals surface area contributed by atoms with Crippen molar-refractivity contribution in [3.63, 3.8) is 0 Å². The number of carbonyl (C=O) groups excluding carboxylic acids is 1. The maximum Gasteiger partial charge on any atom is 0.238 e. The summed E-state index contributed by atoms with van der Waals surface area (Å²) in [7, 11) is 1.60. The molecule has 1 aliphatic carbocycles. The molecule has 2 fully saturated rings. The Kier molecular flexibility index (Phi) is 8.69. The highest BCUT2D eigenvalue weighted by molar-refractivity contribution is 8.01. The van der Waals surface area contributed by atoms with Crippen molar-refractivity contribution in [2.45, 2.75) is 73.2 Å². The fraction of sp³-hybridized carbons (Fsp3) is 0.625. The Bertz CT molecular complexity index is 1130. The number of thioether (sulfide) groups is 1. The Balaban J connectivity index is 1.64. The quantitative estimate of drug-likeness (QED) is 0.351. The van der Waals surface area contributed by atoms with Gasteiger partial charge >= 0.3 is 0 Å². The van der Waals surface area contributed by atoms with Crippen molar-refractivity contribution >= 4 is 17.7 Å². The Morgan fingerprint density at radius 2 is 1.87 bits per heavy atom. The van der Waals surface area contributed by atoms with Crippen LogP contribution in [0.15, 0.2) is 18.3 Å². The van der Waals surface area contributed by atoms with Crippen LogP contribution in [0.2, 0.25) is 0 Å². The lowest BCUT2D eigenvalue weighted by Crippen LogP contribution is -2.57. The first-order chi connectivity index (χ1) is 18.0. The number of amides is 1. The molecule has 1 aliphatic heterocycles. The fourth-order valence-electron chi connectivity index (χ4n) is 4.91. The first-order valence-electron chi connectivity index (χ1n) is 12.3. The van der Waals surface area contributed by atoms with Gasteiger partial charge in [-0.1, -0.05) is 18.1 Å². The minimum absolute atomic E-state index is 0.0589. The van der Waals surface area contributed by atoms with Crippen molar-refractivity contribution in [3.8, 4) is 11.3 Å². The van der Waals surface area contributed by atoms with Crippen LogP contribution in [0.4, 0.5) is 13.2 Å². The largest absolute Gasteiger partial charge is 0.394 e. The van der Waals surface area contributed by atoms with E-state index in [2.05, 4.69) is 10.3 Å². The lowest BCUT2D eigenvalue weighted by Gasteiger charge is -2.44. The lowest BCUT2D eigenvalue weighted by atomic mass is 9.96. The minimum atomic E-state index is -1.64. The second-order valence-electron chi connectivity index (χ2n) is 9.71. The molecular formula is C24H31F3N4O6S. The van der Waals surface area contributed by atoms with Crippen LogP contribution in [0.25, 0.3) is 11.3 Å². The van der Waals surface area contributed by atoms with Crippen molar-refractivity contribution in [2.24, 2.45) is 0 Å². The summed E-state index contributed by atoms with van der Waals surface area (Å²) in [6.45, 7) is 1.56. The molecule has 1 aromatic heterocycles. The molecular weight excluding hydrogens is 529 g/mol. The number of ether oxygens (including phenoxy) is 1. The zero-order chi connectivity index (χ0) is 27.8. The zero-order valence-corrected chi connectivity index (χ0v) is 21.7. The highest BCUT2D eigenvalue weighted by Crippen LogP contribution is 2.44. The van der Waals surface area contributed by atoms with Gasteiger partial charge in [0.15, 0.2) is 17.5 Å². The summed E-state index contributed by atoms with van der Waals surface area (Å²) < 4.78 is 47.7. The van der Waals surface area contributed by atoms with Crippen LogP contribution in [0.3, 0.4) is 0 Å². The van der Waals surface area contributed by atoms with Crippen LogP contribution < -0.4 is 0 Å². The molecule has 2 aliphatic rings. The Hall–Kier alpha value is -2.23. The first-order valence-corrected chi connectivity index (χ1v) is 13.3.